The molecule has 0 spiro atoms. The van der Waals surface area contributed by atoms with Crippen molar-refractivity contribution in [2.75, 3.05) is 13.7 Å². The van der Waals surface area contributed by atoms with Crippen LogP contribution in [0.3, 0.4) is 0 Å². The van der Waals surface area contributed by atoms with Gasteiger partial charge in [-0.1, -0.05) is 46.2 Å². The molecule has 162 valence electrons. The molecule has 2 rings (SSSR count). The number of nitrogens with zero attached hydrogens (tertiary/aromatic N) is 3. The molecule has 1 aromatic carbocycles. The minimum atomic E-state index is 0.442. The van der Waals surface area contributed by atoms with Crippen molar-refractivity contribution in [3.63, 3.8) is 0 Å². The van der Waals surface area contributed by atoms with Gasteiger partial charge in [0.1, 0.15) is 11.4 Å². The molecule has 30 heavy (non-hydrogen) atoms. The lowest BCUT2D eigenvalue weighted by atomic mass is 10.1. The Bertz CT molecular complexity index is 874. The Morgan fingerprint density at radius 1 is 1.00 bits per heavy atom. The molecule has 0 saturated carbocycles. The Balaban J connectivity index is 1.70. The molecular weight excluding hydrogens is 374 g/mol. The molecule has 0 amide bonds. The normalized spacial score (nSPS) is 12.2. The lowest BCUT2D eigenvalue weighted by Gasteiger charge is -2.03. The molecule has 0 radical (unpaired) electrons. The fourth-order valence-corrected chi connectivity index (χ4v) is 2.95. The van der Waals surface area contributed by atoms with Gasteiger partial charge in [-0.15, -0.1) is 5.10 Å². The van der Waals surface area contributed by atoms with Crippen LogP contribution in [0.2, 0.25) is 0 Å². The average Bonchev–Trinajstić information content (AvgIpc) is 3.20. The fraction of sp³-hybridized carbons (Fsp3) is 0.440. The van der Waals surface area contributed by atoms with Crippen molar-refractivity contribution < 1.29 is 9.47 Å². The maximum absolute atomic E-state index is 5.75. The minimum Gasteiger partial charge on any atom is -0.497 e. The summed E-state index contributed by atoms with van der Waals surface area (Å²) >= 11 is 0. The van der Waals surface area contributed by atoms with E-state index >= 15 is 0 Å². The van der Waals surface area contributed by atoms with Gasteiger partial charge < -0.3 is 9.47 Å². The van der Waals surface area contributed by atoms with Gasteiger partial charge in [0.05, 0.1) is 32.2 Å². The second kappa shape index (κ2) is 12.8. The third kappa shape index (κ3) is 8.78. The molecule has 0 aliphatic carbocycles. The highest BCUT2D eigenvalue weighted by atomic mass is 16.5. The SMILES string of the molecule is COc1cccc(-n2cc(COC/C=C(\C)CC/C=C(\C)CCC=C(C)C)nn2)c1. The molecule has 5 heteroatoms. The van der Waals surface area contributed by atoms with Crippen LogP contribution < -0.4 is 4.74 Å². The number of aromatic nitrogens is 3. The van der Waals surface area contributed by atoms with E-state index < -0.39 is 0 Å². The maximum Gasteiger partial charge on any atom is 0.121 e. The zero-order valence-electron chi connectivity index (χ0n) is 19.0. The molecule has 0 aliphatic heterocycles. The third-order valence-corrected chi connectivity index (χ3v) is 4.78. The molecule has 0 aliphatic rings. The van der Waals surface area contributed by atoms with Gasteiger partial charge >= 0.3 is 0 Å². The summed E-state index contributed by atoms with van der Waals surface area (Å²) in [5.74, 6) is 0.791. The van der Waals surface area contributed by atoms with Crippen molar-refractivity contribution in [3.8, 4) is 11.4 Å². The third-order valence-electron chi connectivity index (χ3n) is 4.78. The van der Waals surface area contributed by atoms with Crippen molar-refractivity contribution in [2.45, 2.75) is 60.0 Å². The Hall–Kier alpha value is -2.66. The lowest BCUT2D eigenvalue weighted by Crippen LogP contribution is -1.95. The number of benzene rings is 1. The van der Waals surface area contributed by atoms with Crippen molar-refractivity contribution in [1.29, 1.82) is 0 Å². The smallest absolute Gasteiger partial charge is 0.121 e. The van der Waals surface area contributed by atoms with E-state index in [0.717, 1.165) is 42.8 Å². The van der Waals surface area contributed by atoms with Gasteiger partial charge in [-0.3, -0.25) is 0 Å². The lowest BCUT2D eigenvalue weighted by molar-refractivity contribution is 0.145. The van der Waals surface area contributed by atoms with Gasteiger partial charge in [0.25, 0.3) is 0 Å². The van der Waals surface area contributed by atoms with Crippen molar-refractivity contribution >= 4 is 0 Å². The Labute approximate surface area is 181 Å². The average molecular weight is 410 g/mol. The molecule has 0 unspecified atom stereocenters. The summed E-state index contributed by atoms with van der Waals surface area (Å²) in [5.41, 5.74) is 5.93. The van der Waals surface area contributed by atoms with Crippen LogP contribution in [0.1, 0.15) is 59.1 Å². The predicted octanol–water partition coefficient (Wildman–Crippen LogP) is 6.21. The molecule has 1 aromatic heterocycles. The summed E-state index contributed by atoms with van der Waals surface area (Å²) in [7, 11) is 1.65. The monoisotopic (exact) mass is 409 g/mol. The van der Waals surface area contributed by atoms with Crippen LogP contribution in [0.5, 0.6) is 5.75 Å². The van der Waals surface area contributed by atoms with Gasteiger partial charge in [0.2, 0.25) is 0 Å². The second-order valence-corrected chi connectivity index (χ2v) is 7.83. The zero-order chi connectivity index (χ0) is 21.8. The largest absolute Gasteiger partial charge is 0.497 e. The van der Waals surface area contributed by atoms with E-state index in [1.165, 1.54) is 16.7 Å². The first-order chi connectivity index (χ1) is 14.5. The first-order valence-corrected chi connectivity index (χ1v) is 10.6. The summed E-state index contributed by atoms with van der Waals surface area (Å²) in [6, 6.07) is 7.72. The quantitative estimate of drug-likeness (QED) is 0.309. The molecule has 0 N–H and O–H groups in total. The van der Waals surface area contributed by atoms with Crippen LogP contribution in [-0.2, 0) is 11.3 Å². The number of methoxy groups -OCH3 is 1. The van der Waals surface area contributed by atoms with Crippen LogP contribution in [0.25, 0.3) is 5.69 Å². The Morgan fingerprint density at radius 3 is 2.47 bits per heavy atom. The van der Waals surface area contributed by atoms with E-state index in [0.29, 0.717) is 13.2 Å². The van der Waals surface area contributed by atoms with Crippen LogP contribution in [0.15, 0.2) is 65.4 Å². The van der Waals surface area contributed by atoms with Crippen molar-refractivity contribution in [2.24, 2.45) is 0 Å². The summed E-state index contributed by atoms with van der Waals surface area (Å²) < 4.78 is 12.7. The molecule has 0 fully saturated rings. The van der Waals surface area contributed by atoms with Crippen LogP contribution in [-0.4, -0.2) is 28.7 Å². The molecular formula is C25H35N3O2. The van der Waals surface area contributed by atoms with Gasteiger partial charge in [0, 0.05) is 6.07 Å². The standard InChI is InChI=1S/C25H35N3O2/c1-20(2)9-6-10-21(3)11-7-12-22(4)15-16-30-19-23-18-28(27-26-23)24-13-8-14-25(17-24)29-5/h8-9,11,13-15,17-18H,6-7,10,12,16,19H2,1-5H3/b21-11+,22-15+. The van der Waals surface area contributed by atoms with Gasteiger partial charge in [-0.2, -0.15) is 0 Å². The number of hydrogen-bond acceptors (Lipinski definition) is 4. The van der Waals surface area contributed by atoms with E-state index in [1.807, 2.05) is 30.5 Å². The number of hydrogen-bond donors (Lipinski definition) is 0. The summed E-state index contributed by atoms with van der Waals surface area (Å²) in [5, 5.41) is 8.35. The number of ether oxygens (including phenoxy) is 2. The summed E-state index contributed by atoms with van der Waals surface area (Å²) in [6.45, 7) is 9.71. The Morgan fingerprint density at radius 2 is 1.73 bits per heavy atom. The van der Waals surface area contributed by atoms with Crippen LogP contribution in [0.4, 0.5) is 0 Å². The molecule has 0 atom stereocenters. The van der Waals surface area contributed by atoms with Gasteiger partial charge in [-0.05, 0) is 65.5 Å². The molecule has 2 aromatic rings. The van der Waals surface area contributed by atoms with E-state index in [1.54, 1.807) is 11.8 Å². The van der Waals surface area contributed by atoms with E-state index in [9.17, 15) is 0 Å². The van der Waals surface area contributed by atoms with E-state index in [2.05, 4.69) is 56.2 Å². The zero-order valence-corrected chi connectivity index (χ0v) is 19.0. The summed E-state index contributed by atoms with van der Waals surface area (Å²) in [4.78, 5) is 0. The molecule has 1 heterocycles. The molecule has 0 saturated heterocycles. The Kier molecular flexibility index (Phi) is 10.1. The number of rotatable bonds is 12. The second-order valence-electron chi connectivity index (χ2n) is 7.83. The highest BCUT2D eigenvalue weighted by Gasteiger charge is 2.04. The van der Waals surface area contributed by atoms with Crippen LogP contribution in [0, 0.1) is 0 Å². The van der Waals surface area contributed by atoms with Crippen molar-refractivity contribution in [3.05, 3.63) is 71.1 Å². The molecule has 0 bridgehead atoms. The van der Waals surface area contributed by atoms with Gasteiger partial charge in [-0.25, -0.2) is 4.68 Å². The maximum atomic E-state index is 5.75. The van der Waals surface area contributed by atoms with E-state index in [4.69, 9.17) is 9.47 Å². The van der Waals surface area contributed by atoms with E-state index in [-0.39, 0.29) is 0 Å². The minimum absolute atomic E-state index is 0.442. The predicted molar refractivity (Wildman–Crippen MR) is 123 cm³/mol. The summed E-state index contributed by atoms with van der Waals surface area (Å²) in [6.07, 6.45) is 13.1. The first kappa shape index (κ1) is 23.6. The topological polar surface area (TPSA) is 49.2 Å². The number of allylic oxidation sites excluding steroid dienone is 5. The van der Waals surface area contributed by atoms with Crippen LogP contribution >= 0.6 is 0 Å². The fourth-order valence-electron chi connectivity index (χ4n) is 2.95. The van der Waals surface area contributed by atoms with Gasteiger partial charge in [0.15, 0.2) is 0 Å². The molecule has 5 nitrogen and oxygen atoms in total. The highest BCUT2D eigenvalue weighted by molar-refractivity contribution is 5.38. The van der Waals surface area contributed by atoms with Crippen molar-refractivity contribution in [1.82, 2.24) is 15.0 Å². The highest BCUT2D eigenvalue weighted by Crippen LogP contribution is 2.16. The first-order valence-electron chi connectivity index (χ1n) is 10.6.